The van der Waals surface area contributed by atoms with Crippen molar-refractivity contribution in [3.05, 3.63) is 58.3 Å². The zero-order valence-electron chi connectivity index (χ0n) is 11.7. The fourth-order valence-corrected chi connectivity index (χ4v) is 3.29. The van der Waals surface area contributed by atoms with Crippen LogP contribution in [0.2, 0.25) is 0 Å². The Balaban J connectivity index is 2.42. The Hall–Kier alpha value is -1.08. The first-order valence-electron chi connectivity index (χ1n) is 6.58. The highest BCUT2D eigenvalue weighted by molar-refractivity contribution is 7.10. The molecular weight excluding hydrogens is 236 g/mol. The fourth-order valence-electron chi connectivity index (χ4n) is 2.33. The number of rotatable bonds is 3. The summed E-state index contributed by atoms with van der Waals surface area (Å²) in [6.07, 6.45) is 0. The standard InChI is InChI=1S/C17H22S/c1-13(17(2,3)4)16(15-11-8-12-18-15)14-9-6-5-7-10-14/h5-13,16H,1-4H3/t13-,16-/m1/s1. The molecule has 96 valence electrons. The molecule has 0 aliphatic heterocycles. The van der Waals surface area contributed by atoms with Crippen LogP contribution in [0.4, 0.5) is 0 Å². The highest BCUT2D eigenvalue weighted by Crippen LogP contribution is 2.42. The lowest BCUT2D eigenvalue weighted by Crippen LogP contribution is -2.24. The van der Waals surface area contributed by atoms with Crippen LogP contribution < -0.4 is 0 Å². The molecule has 1 heterocycles. The molecule has 0 aliphatic rings. The van der Waals surface area contributed by atoms with Crippen LogP contribution in [-0.2, 0) is 0 Å². The first-order chi connectivity index (χ1) is 8.50. The quantitative estimate of drug-likeness (QED) is 0.676. The summed E-state index contributed by atoms with van der Waals surface area (Å²) in [4.78, 5) is 1.48. The van der Waals surface area contributed by atoms with E-state index in [1.165, 1.54) is 10.4 Å². The van der Waals surface area contributed by atoms with Crippen molar-refractivity contribution in [3.63, 3.8) is 0 Å². The first kappa shape index (κ1) is 13.4. The summed E-state index contributed by atoms with van der Waals surface area (Å²) in [5, 5.41) is 2.18. The third-order valence-electron chi connectivity index (χ3n) is 3.87. The minimum absolute atomic E-state index is 0.310. The van der Waals surface area contributed by atoms with Crippen molar-refractivity contribution in [1.82, 2.24) is 0 Å². The lowest BCUT2D eigenvalue weighted by molar-refractivity contribution is 0.239. The van der Waals surface area contributed by atoms with Crippen LogP contribution in [0.3, 0.4) is 0 Å². The van der Waals surface area contributed by atoms with Gasteiger partial charge in [0.25, 0.3) is 0 Å². The molecule has 2 aromatic rings. The van der Waals surface area contributed by atoms with Gasteiger partial charge in [0.15, 0.2) is 0 Å². The van der Waals surface area contributed by atoms with Gasteiger partial charge in [-0.1, -0.05) is 64.1 Å². The van der Waals surface area contributed by atoms with Crippen LogP contribution in [0, 0.1) is 11.3 Å². The lowest BCUT2D eigenvalue weighted by atomic mass is 9.71. The third-order valence-corrected chi connectivity index (χ3v) is 4.83. The van der Waals surface area contributed by atoms with Gasteiger partial charge < -0.3 is 0 Å². The summed E-state index contributed by atoms with van der Waals surface area (Å²) in [7, 11) is 0. The topological polar surface area (TPSA) is 0 Å². The van der Waals surface area contributed by atoms with Gasteiger partial charge in [-0.05, 0) is 28.3 Å². The van der Waals surface area contributed by atoms with Gasteiger partial charge in [-0.25, -0.2) is 0 Å². The Morgan fingerprint density at radius 1 is 0.944 bits per heavy atom. The SMILES string of the molecule is C[C@H]([C@H](c1ccccc1)c1cccs1)C(C)(C)C. The number of hydrogen-bond donors (Lipinski definition) is 0. The molecule has 0 unspecified atom stereocenters. The van der Waals surface area contributed by atoms with Crippen LogP contribution >= 0.6 is 11.3 Å². The van der Waals surface area contributed by atoms with Crippen molar-refractivity contribution in [1.29, 1.82) is 0 Å². The molecule has 2 atom stereocenters. The molecular formula is C17H22S. The van der Waals surface area contributed by atoms with Gasteiger partial charge in [-0.3, -0.25) is 0 Å². The summed E-state index contributed by atoms with van der Waals surface area (Å²) in [6, 6.07) is 15.3. The van der Waals surface area contributed by atoms with E-state index in [2.05, 4.69) is 75.5 Å². The lowest BCUT2D eigenvalue weighted by Gasteiger charge is -2.34. The van der Waals surface area contributed by atoms with E-state index in [4.69, 9.17) is 0 Å². The maximum absolute atomic E-state index is 2.37. The van der Waals surface area contributed by atoms with E-state index < -0.39 is 0 Å². The molecule has 0 radical (unpaired) electrons. The van der Waals surface area contributed by atoms with Gasteiger partial charge in [0.1, 0.15) is 0 Å². The maximum atomic E-state index is 2.37. The van der Waals surface area contributed by atoms with Crippen LogP contribution in [0.25, 0.3) is 0 Å². The van der Waals surface area contributed by atoms with E-state index in [0.717, 1.165) is 0 Å². The van der Waals surface area contributed by atoms with Crippen molar-refractivity contribution in [2.75, 3.05) is 0 Å². The van der Waals surface area contributed by atoms with E-state index in [0.29, 0.717) is 17.3 Å². The van der Waals surface area contributed by atoms with Crippen molar-refractivity contribution in [3.8, 4) is 0 Å². The minimum atomic E-state index is 0.310. The fraction of sp³-hybridized carbons (Fsp3) is 0.412. The average molecular weight is 258 g/mol. The Kier molecular flexibility index (Phi) is 3.91. The summed E-state index contributed by atoms with van der Waals surface area (Å²) in [5.74, 6) is 1.12. The Morgan fingerprint density at radius 2 is 1.61 bits per heavy atom. The van der Waals surface area contributed by atoms with E-state index in [-0.39, 0.29) is 0 Å². The Bertz CT molecular complexity index is 462. The van der Waals surface area contributed by atoms with Crippen molar-refractivity contribution in [2.45, 2.75) is 33.6 Å². The molecule has 0 saturated heterocycles. The van der Waals surface area contributed by atoms with Gasteiger partial charge >= 0.3 is 0 Å². The normalized spacial score (nSPS) is 15.3. The predicted octanol–water partition coefficient (Wildman–Crippen LogP) is 5.56. The number of hydrogen-bond acceptors (Lipinski definition) is 1. The molecule has 0 N–H and O–H groups in total. The molecule has 0 amide bonds. The summed E-state index contributed by atoms with van der Waals surface area (Å²) >= 11 is 1.87. The summed E-state index contributed by atoms with van der Waals surface area (Å²) < 4.78 is 0. The summed E-state index contributed by atoms with van der Waals surface area (Å²) in [6.45, 7) is 9.38. The first-order valence-corrected chi connectivity index (χ1v) is 7.46. The number of benzene rings is 1. The second kappa shape index (κ2) is 5.27. The van der Waals surface area contributed by atoms with E-state index in [1.54, 1.807) is 0 Å². The average Bonchev–Trinajstić information content (AvgIpc) is 2.83. The monoisotopic (exact) mass is 258 g/mol. The van der Waals surface area contributed by atoms with Gasteiger partial charge in [0.2, 0.25) is 0 Å². The van der Waals surface area contributed by atoms with E-state index >= 15 is 0 Å². The van der Waals surface area contributed by atoms with Crippen molar-refractivity contribution < 1.29 is 0 Å². The molecule has 1 aromatic carbocycles. The van der Waals surface area contributed by atoms with Crippen LogP contribution in [0.5, 0.6) is 0 Å². The van der Waals surface area contributed by atoms with Crippen molar-refractivity contribution >= 4 is 11.3 Å². The zero-order chi connectivity index (χ0) is 13.2. The zero-order valence-corrected chi connectivity index (χ0v) is 12.5. The van der Waals surface area contributed by atoms with Crippen LogP contribution in [0.1, 0.15) is 44.1 Å². The van der Waals surface area contributed by atoms with Gasteiger partial charge in [0, 0.05) is 10.8 Å². The smallest absolute Gasteiger partial charge is 0.0214 e. The molecule has 0 aliphatic carbocycles. The second-order valence-electron chi connectivity index (χ2n) is 6.06. The van der Waals surface area contributed by atoms with Crippen molar-refractivity contribution in [2.24, 2.45) is 11.3 Å². The third kappa shape index (κ3) is 2.84. The highest BCUT2D eigenvalue weighted by atomic mass is 32.1. The second-order valence-corrected chi connectivity index (χ2v) is 7.04. The van der Waals surface area contributed by atoms with Gasteiger partial charge in [-0.15, -0.1) is 11.3 Å². The number of thiophene rings is 1. The Morgan fingerprint density at radius 3 is 2.11 bits per heavy atom. The van der Waals surface area contributed by atoms with E-state index in [9.17, 15) is 0 Å². The molecule has 1 aromatic heterocycles. The molecule has 2 rings (SSSR count). The molecule has 0 spiro atoms. The molecule has 0 fully saturated rings. The van der Waals surface area contributed by atoms with Gasteiger partial charge in [-0.2, -0.15) is 0 Å². The van der Waals surface area contributed by atoms with E-state index in [1.807, 2.05) is 11.3 Å². The molecule has 18 heavy (non-hydrogen) atoms. The Labute approximate surface area is 115 Å². The largest absolute Gasteiger partial charge is 0.148 e. The maximum Gasteiger partial charge on any atom is 0.0214 e. The summed E-state index contributed by atoms with van der Waals surface area (Å²) in [5.41, 5.74) is 1.74. The molecule has 0 nitrogen and oxygen atoms in total. The molecule has 1 heteroatoms. The predicted molar refractivity (Wildman–Crippen MR) is 81.2 cm³/mol. The minimum Gasteiger partial charge on any atom is -0.148 e. The molecule has 0 bridgehead atoms. The van der Waals surface area contributed by atoms with Gasteiger partial charge in [0.05, 0.1) is 0 Å². The molecule has 0 saturated carbocycles. The van der Waals surface area contributed by atoms with Crippen LogP contribution in [-0.4, -0.2) is 0 Å². The highest BCUT2D eigenvalue weighted by Gasteiger charge is 2.30. The van der Waals surface area contributed by atoms with Crippen LogP contribution in [0.15, 0.2) is 47.8 Å².